The molecule has 1 aliphatic rings. The topological polar surface area (TPSA) is 21.3 Å². The molecule has 0 bridgehead atoms. The van der Waals surface area contributed by atoms with Gasteiger partial charge in [-0.05, 0) is 48.9 Å². The summed E-state index contributed by atoms with van der Waals surface area (Å²) in [6, 6.07) is 12.1. The largest absolute Gasteiger partial charge is 0.493 e. The quantitative estimate of drug-likeness (QED) is 0.899. The Hall–Kier alpha value is -1.22. The van der Waals surface area contributed by atoms with Gasteiger partial charge in [0.25, 0.3) is 0 Å². The van der Waals surface area contributed by atoms with E-state index < -0.39 is 0 Å². The van der Waals surface area contributed by atoms with Crippen molar-refractivity contribution in [2.75, 3.05) is 13.7 Å². The SMILES string of the molecule is CNC(Cc1ccc(Cl)cc1)c1cc(Cl)cc2c1OCC2. The first-order valence-electron chi connectivity index (χ1n) is 7.04. The third kappa shape index (κ3) is 3.18. The van der Waals surface area contributed by atoms with Gasteiger partial charge in [-0.15, -0.1) is 0 Å². The Bertz CT molecular complexity index is 640. The van der Waals surface area contributed by atoms with E-state index in [1.54, 1.807) is 0 Å². The van der Waals surface area contributed by atoms with Crippen LogP contribution in [0.15, 0.2) is 36.4 Å². The van der Waals surface area contributed by atoms with Gasteiger partial charge in [0.15, 0.2) is 0 Å². The van der Waals surface area contributed by atoms with Gasteiger partial charge in [-0.1, -0.05) is 35.3 Å². The van der Waals surface area contributed by atoms with Gasteiger partial charge in [0.1, 0.15) is 5.75 Å². The Labute approximate surface area is 135 Å². The second kappa shape index (κ2) is 6.27. The molecule has 1 atom stereocenters. The molecule has 1 N–H and O–H groups in total. The Morgan fingerprint density at radius 1 is 1.14 bits per heavy atom. The summed E-state index contributed by atoms with van der Waals surface area (Å²) >= 11 is 12.2. The van der Waals surface area contributed by atoms with Gasteiger partial charge in [-0.25, -0.2) is 0 Å². The van der Waals surface area contributed by atoms with E-state index >= 15 is 0 Å². The normalized spacial score (nSPS) is 14.6. The van der Waals surface area contributed by atoms with Crippen LogP contribution in [-0.2, 0) is 12.8 Å². The predicted molar refractivity (Wildman–Crippen MR) is 87.6 cm³/mol. The Kier molecular flexibility index (Phi) is 4.39. The van der Waals surface area contributed by atoms with Crippen molar-refractivity contribution in [2.45, 2.75) is 18.9 Å². The monoisotopic (exact) mass is 321 g/mol. The summed E-state index contributed by atoms with van der Waals surface area (Å²) in [5, 5.41) is 4.89. The highest BCUT2D eigenvalue weighted by Gasteiger charge is 2.22. The van der Waals surface area contributed by atoms with Gasteiger partial charge < -0.3 is 10.1 Å². The first-order valence-corrected chi connectivity index (χ1v) is 7.80. The van der Waals surface area contributed by atoms with Gasteiger partial charge in [0.2, 0.25) is 0 Å². The van der Waals surface area contributed by atoms with Crippen LogP contribution in [0.2, 0.25) is 10.0 Å². The third-order valence-corrected chi connectivity index (χ3v) is 4.32. The lowest BCUT2D eigenvalue weighted by atomic mass is 9.96. The maximum Gasteiger partial charge on any atom is 0.127 e. The smallest absolute Gasteiger partial charge is 0.127 e. The van der Waals surface area contributed by atoms with Crippen LogP contribution in [0.4, 0.5) is 0 Å². The van der Waals surface area contributed by atoms with E-state index in [4.69, 9.17) is 27.9 Å². The molecule has 110 valence electrons. The number of ether oxygens (including phenoxy) is 1. The predicted octanol–water partition coefficient (Wildman–Crippen LogP) is 4.43. The van der Waals surface area contributed by atoms with Gasteiger partial charge in [0.05, 0.1) is 6.61 Å². The van der Waals surface area contributed by atoms with Gasteiger partial charge in [-0.3, -0.25) is 0 Å². The lowest BCUT2D eigenvalue weighted by Crippen LogP contribution is -2.19. The Morgan fingerprint density at radius 3 is 2.62 bits per heavy atom. The fourth-order valence-corrected chi connectivity index (χ4v) is 3.16. The standard InChI is InChI=1S/C17H17Cl2NO/c1-20-16(8-11-2-4-13(18)5-3-11)15-10-14(19)9-12-6-7-21-17(12)15/h2-5,9-10,16,20H,6-8H2,1H3. The molecule has 2 aromatic rings. The molecule has 0 amide bonds. The molecule has 0 saturated heterocycles. The highest BCUT2D eigenvalue weighted by molar-refractivity contribution is 6.31. The second-order valence-electron chi connectivity index (χ2n) is 5.25. The van der Waals surface area contributed by atoms with Crippen molar-refractivity contribution in [3.63, 3.8) is 0 Å². The molecular formula is C17H17Cl2NO. The van der Waals surface area contributed by atoms with Crippen LogP contribution in [0.3, 0.4) is 0 Å². The van der Waals surface area contributed by atoms with E-state index in [1.807, 2.05) is 31.3 Å². The molecule has 0 saturated carbocycles. The zero-order valence-corrected chi connectivity index (χ0v) is 13.3. The lowest BCUT2D eigenvalue weighted by molar-refractivity contribution is 0.349. The number of benzene rings is 2. The summed E-state index contributed by atoms with van der Waals surface area (Å²) in [4.78, 5) is 0. The van der Waals surface area contributed by atoms with Crippen LogP contribution in [0.1, 0.15) is 22.7 Å². The molecule has 21 heavy (non-hydrogen) atoms. The van der Waals surface area contributed by atoms with E-state index in [1.165, 1.54) is 11.1 Å². The minimum absolute atomic E-state index is 0.164. The summed E-state index contributed by atoms with van der Waals surface area (Å²) in [7, 11) is 1.96. The zero-order valence-electron chi connectivity index (χ0n) is 11.8. The second-order valence-corrected chi connectivity index (χ2v) is 6.13. The molecule has 3 rings (SSSR count). The number of halogens is 2. The molecule has 1 heterocycles. The first kappa shape index (κ1) is 14.7. The molecule has 0 radical (unpaired) electrons. The van der Waals surface area contributed by atoms with Crippen molar-refractivity contribution < 1.29 is 4.74 Å². The van der Waals surface area contributed by atoms with E-state index in [-0.39, 0.29) is 6.04 Å². The van der Waals surface area contributed by atoms with Crippen molar-refractivity contribution in [2.24, 2.45) is 0 Å². The zero-order chi connectivity index (χ0) is 14.8. The van der Waals surface area contributed by atoms with Gasteiger partial charge in [0, 0.05) is 28.1 Å². The number of rotatable bonds is 4. The summed E-state index contributed by atoms with van der Waals surface area (Å²) in [5.74, 6) is 0.993. The summed E-state index contributed by atoms with van der Waals surface area (Å²) in [6.07, 6.45) is 1.80. The van der Waals surface area contributed by atoms with Crippen molar-refractivity contribution in [1.29, 1.82) is 0 Å². The maximum atomic E-state index is 6.25. The van der Waals surface area contributed by atoms with Crippen LogP contribution < -0.4 is 10.1 Å². The van der Waals surface area contributed by atoms with E-state index in [2.05, 4.69) is 17.4 Å². The van der Waals surface area contributed by atoms with E-state index in [9.17, 15) is 0 Å². The fraction of sp³-hybridized carbons (Fsp3) is 0.294. The Morgan fingerprint density at radius 2 is 1.90 bits per heavy atom. The van der Waals surface area contributed by atoms with Gasteiger partial charge >= 0.3 is 0 Å². The number of hydrogen-bond acceptors (Lipinski definition) is 2. The van der Waals surface area contributed by atoms with E-state index in [0.717, 1.165) is 40.8 Å². The van der Waals surface area contributed by atoms with Crippen LogP contribution in [-0.4, -0.2) is 13.7 Å². The average molecular weight is 322 g/mol. The molecule has 0 aromatic heterocycles. The average Bonchev–Trinajstić information content (AvgIpc) is 2.94. The number of likely N-dealkylation sites (N-methyl/N-ethyl adjacent to an activating group) is 1. The summed E-state index contributed by atoms with van der Waals surface area (Å²) in [6.45, 7) is 0.736. The molecule has 1 aliphatic heterocycles. The highest BCUT2D eigenvalue weighted by Crippen LogP contribution is 2.37. The van der Waals surface area contributed by atoms with Crippen molar-refractivity contribution in [3.8, 4) is 5.75 Å². The van der Waals surface area contributed by atoms with E-state index in [0.29, 0.717) is 0 Å². The number of fused-ring (bicyclic) bond motifs is 1. The Balaban J connectivity index is 1.91. The van der Waals surface area contributed by atoms with Crippen LogP contribution in [0.25, 0.3) is 0 Å². The molecule has 0 fully saturated rings. The van der Waals surface area contributed by atoms with Gasteiger partial charge in [-0.2, -0.15) is 0 Å². The molecule has 1 unspecified atom stereocenters. The molecule has 2 nitrogen and oxygen atoms in total. The minimum atomic E-state index is 0.164. The number of hydrogen-bond donors (Lipinski definition) is 1. The molecule has 4 heteroatoms. The molecule has 2 aromatic carbocycles. The van der Waals surface area contributed by atoms with Crippen molar-refractivity contribution in [3.05, 3.63) is 63.1 Å². The van der Waals surface area contributed by atoms with Crippen LogP contribution >= 0.6 is 23.2 Å². The molecule has 0 spiro atoms. The summed E-state index contributed by atoms with van der Waals surface area (Å²) < 4.78 is 5.80. The van der Waals surface area contributed by atoms with Crippen LogP contribution in [0, 0.1) is 0 Å². The highest BCUT2D eigenvalue weighted by atomic mass is 35.5. The first-order chi connectivity index (χ1) is 10.2. The summed E-state index contributed by atoms with van der Waals surface area (Å²) in [5.41, 5.74) is 3.56. The van der Waals surface area contributed by atoms with Crippen molar-refractivity contribution in [1.82, 2.24) is 5.32 Å². The third-order valence-electron chi connectivity index (χ3n) is 3.85. The minimum Gasteiger partial charge on any atom is -0.493 e. The lowest BCUT2D eigenvalue weighted by Gasteiger charge is -2.20. The number of nitrogens with one attached hydrogen (secondary N) is 1. The molecular weight excluding hydrogens is 305 g/mol. The molecule has 0 aliphatic carbocycles. The maximum absolute atomic E-state index is 6.25. The van der Waals surface area contributed by atoms with Crippen LogP contribution in [0.5, 0.6) is 5.75 Å². The fourth-order valence-electron chi connectivity index (χ4n) is 2.78. The van der Waals surface area contributed by atoms with Crippen molar-refractivity contribution >= 4 is 23.2 Å².